The third-order valence-corrected chi connectivity index (χ3v) is 8.36. The van der Waals surface area contributed by atoms with E-state index in [2.05, 4.69) is 10.0 Å². The fourth-order valence-electron chi connectivity index (χ4n) is 4.43. The van der Waals surface area contributed by atoms with E-state index in [1.54, 1.807) is 29.2 Å². The van der Waals surface area contributed by atoms with E-state index in [0.29, 0.717) is 29.6 Å². The van der Waals surface area contributed by atoms with Gasteiger partial charge in [0, 0.05) is 24.5 Å². The average molecular weight is 611 g/mol. The maximum absolute atomic E-state index is 13.3. The Bertz CT molecular complexity index is 1680. The molecule has 0 bridgehead atoms. The molecule has 0 saturated carbocycles. The van der Waals surface area contributed by atoms with Crippen molar-refractivity contribution in [2.75, 3.05) is 11.3 Å². The topological polar surface area (TPSA) is 105 Å². The highest BCUT2D eigenvalue weighted by atomic mass is 35.5. The molecule has 5 rings (SSSR count). The van der Waals surface area contributed by atoms with Gasteiger partial charge in [-0.2, -0.15) is 0 Å². The first-order chi connectivity index (χ1) is 19.7. The molecule has 1 aliphatic rings. The van der Waals surface area contributed by atoms with Crippen LogP contribution in [0.1, 0.15) is 22.3 Å². The summed E-state index contributed by atoms with van der Waals surface area (Å²) in [6, 6.07) is 26.1. The van der Waals surface area contributed by atoms with Gasteiger partial charge in [0.2, 0.25) is 5.91 Å². The Morgan fingerprint density at radius 1 is 0.927 bits per heavy atom. The van der Waals surface area contributed by atoms with Crippen molar-refractivity contribution in [2.24, 2.45) is 0 Å². The zero-order valence-corrected chi connectivity index (χ0v) is 23.9. The van der Waals surface area contributed by atoms with Crippen LogP contribution in [0.5, 0.6) is 11.5 Å². The summed E-state index contributed by atoms with van der Waals surface area (Å²) in [4.78, 5) is 27.5. The molecule has 11 heteroatoms. The Labute approximate surface area is 247 Å². The number of nitrogens with zero attached hydrogens (tertiary/aromatic N) is 1. The van der Waals surface area contributed by atoms with Gasteiger partial charge in [0.1, 0.15) is 11.5 Å². The number of amides is 2. The highest BCUT2D eigenvalue weighted by Crippen LogP contribution is 2.30. The number of para-hydroxylation sites is 1. The smallest absolute Gasteiger partial charge is 0.261 e. The van der Waals surface area contributed by atoms with E-state index >= 15 is 0 Å². The second-order valence-electron chi connectivity index (χ2n) is 9.43. The van der Waals surface area contributed by atoms with Crippen LogP contribution in [-0.4, -0.2) is 37.7 Å². The van der Waals surface area contributed by atoms with E-state index in [9.17, 15) is 18.0 Å². The van der Waals surface area contributed by atoms with Crippen molar-refractivity contribution in [2.45, 2.75) is 23.9 Å². The quantitative estimate of drug-likeness (QED) is 0.238. The van der Waals surface area contributed by atoms with Crippen LogP contribution in [0, 0.1) is 0 Å². The van der Waals surface area contributed by atoms with Gasteiger partial charge in [0.25, 0.3) is 15.9 Å². The van der Waals surface area contributed by atoms with Crippen LogP contribution in [0.2, 0.25) is 10.0 Å². The van der Waals surface area contributed by atoms with Crippen molar-refractivity contribution in [1.82, 2.24) is 10.2 Å². The molecule has 1 atom stereocenters. The summed E-state index contributed by atoms with van der Waals surface area (Å²) in [5.74, 6) is 0.212. The van der Waals surface area contributed by atoms with Crippen molar-refractivity contribution < 1.29 is 22.7 Å². The first-order valence-corrected chi connectivity index (χ1v) is 14.9. The third-order valence-electron chi connectivity index (χ3n) is 6.44. The lowest BCUT2D eigenvalue weighted by Gasteiger charge is -2.18. The molecule has 0 unspecified atom stereocenters. The van der Waals surface area contributed by atoms with Crippen LogP contribution < -0.4 is 14.8 Å². The maximum Gasteiger partial charge on any atom is 0.261 e. The third kappa shape index (κ3) is 7.00. The number of rotatable bonds is 9. The molecular formula is C30H25Cl2N3O5S. The molecule has 0 radical (unpaired) electrons. The first kappa shape index (κ1) is 28.5. The van der Waals surface area contributed by atoms with Gasteiger partial charge in [0.05, 0.1) is 27.2 Å². The van der Waals surface area contributed by atoms with E-state index < -0.39 is 22.0 Å². The lowest BCUT2D eigenvalue weighted by atomic mass is 10.1. The summed E-state index contributed by atoms with van der Waals surface area (Å²) in [6.07, 6.45) is 0.142. The van der Waals surface area contributed by atoms with Gasteiger partial charge >= 0.3 is 0 Å². The SMILES string of the molecule is O=C(N[C@H]1CC(=O)N(Cc2ccccc2)C1)c1cc(Cl)ccc1NS(=O)(=O)c1ccc(Oc2ccccc2Cl)cc1. The van der Waals surface area contributed by atoms with Crippen molar-refractivity contribution in [3.8, 4) is 11.5 Å². The Morgan fingerprint density at radius 3 is 2.37 bits per heavy atom. The van der Waals surface area contributed by atoms with Crippen molar-refractivity contribution in [3.63, 3.8) is 0 Å². The molecule has 0 aromatic heterocycles. The first-order valence-electron chi connectivity index (χ1n) is 12.7. The van der Waals surface area contributed by atoms with Gasteiger partial charge < -0.3 is 15.0 Å². The zero-order chi connectivity index (χ0) is 29.0. The molecule has 1 fully saturated rings. The number of halogens is 2. The van der Waals surface area contributed by atoms with Crippen LogP contribution in [0.3, 0.4) is 0 Å². The van der Waals surface area contributed by atoms with Gasteiger partial charge in [-0.3, -0.25) is 14.3 Å². The van der Waals surface area contributed by atoms with Crippen molar-refractivity contribution >= 4 is 50.7 Å². The van der Waals surface area contributed by atoms with Crippen LogP contribution in [0.15, 0.2) is 102 Å². The number of nitrogens with one attached hydrogen (secondary N) is 2. The Kier molecular flexibility index (Phi) is 8.49. The van der Waals surface area contributed by atoms with Gasteiger partial charge in [-0.05, 0) is 60.2 Å². The van der Waals surface area contributed by atoms with E-state index in [0.717, 1.165) is 5.56 Å². The van der Waals surface area contributed by atoms with E-state index in [-0.39, 0.29) is 33.5 Å². The van der Waals surface area contributed by atoms with Gasteiger partial charge in [0.15, 0.2) is 0 Å². The number of benzene rings is 4. The summed E-state index contributed by atoms with van der Waals surface area (Å²) < 4.78 is 34.6. The minimum atomic E-state index is -4.08. The van der Waals surface area contributed by atoms with Gasteiger partial charge in [-0.1, -0.05) is 65.7 Å². The van der Waals surface area contributed by atoms with E-state index in [4.69, 9.17) is 27.9 Å². The maximum atomic E-state index is 13.3. The number of hydrogen-bond acceptors (Lipinski definition) is 5. The molecule has 4 aromatic carbocycles. The summed E-state index contributed by atoms with van der Waals surface area (Å²) >= 11 is 12.3. The van der Waals surface area contributed by atoms with Crippen LogP contribution in [0.25, 0.3) is 0 Å². The Morgan fingerprint density at radius 2 is 1.63 bits per heavy atom. The highest BCUT2D eigenvalue weighted by molar-refractivity contribution is 7.92. The number of hydrogen-bond donors (Lipinski definition) is 2. The number of ether oxygens (including phenoxy) is 1. The van der Waals surface area contributed by atoms with Crippen molar-refractivity contribution in [3.05, 3.63) is 118 Å². The summed E-state index contributed by atoms with van der Waals surface area (Å²) in [6.45, 7) is 0.778. The number of likely N-dealkylation sites (tertiary alicyclic amines) is 1. The second-order valence-corrected chi connectivity index (χ2v) is 12.0. The molecule has 2 N–H and O–H groups in total. The Hall–Kier alpha value is -4.05. The predicted octanol–water partition coefficient (Wildman–Crippen LogP) is 6.12. The predicted molar refractivity (Wildman–Crippen MR) is 158 cm³/mol. The molecule has 1 heterocycles. The molecular weight excluding hydrogens is 585 g/mol. The van der Waals surface area contributed by atoms with Gasteiger partial charge in [-0.25, -0.2) is 8.42 Å². The summed E-state index contributed by atoms with van der Waals surface area (Å²) in [7, 11) is -4.08. The Balaban J connectivity index is 1.27. The molecule has 2 amide bonds. The summed E-state index contributed by atoms with van der Waals surface area (Å²) in [5.41, 5.74) is 1.07. The molecule has 41 heavy (non-hydrogen) atoms. The fourth-order valence-corrected chi connectivity index (χ4v) is 5.85. The van der Waals surface area contributed by atoms with Gasteiger partial charge in [-0.15, -0.1) is 0 Å². The standard InChI is InChI=1S/C30H25Cl2N3O5S/c31-21-10-15-27(34-41(38,39)24-13-11-23(12-14-24)40-28-9-5-4-8-26(28)32)25(16-21)30(37)33-22-17-29(36)35(19-22)18-20-6-2-1-3-7-20/h1-16,22,34H,17-19H2,(H,33,37)/t22-/m0/s1. The van der Waals surface area contributed by atoms with Crippen molar-refractivity contribution in [1.29, 1.82) is 0 Å². The largest absolute Gasteiger partial charge is 0.456 e. The lowest BCUT2D eigenvalue weighted by molar-refractivity contribution is -0.128. The van der Waals surface area contributed by atoms with Crippen LogP contribution in [-0.2, 0) is 21.4 Å². The number of sulfonamides is 1. The molecule has 210 valence electrons. The normalized spacial score (nSPS) is 15.0. The number of carbonyl (C=O) groups excluding carboxylic acids is 2. The molecule has 0 spiro atoms. The monoisotopic (exact) mass is 609 g/mol. The minimum absolute atomic E-state index is 0.0358. The molecule has 1 saturated heterocycles. The lowest BCUT2D eigenvalue weighted by Crippen LogP contribution is -2.37. The second kappa shape index (κ2) is 12.2. The molecule has 1 aliphatic heterocycles. The average Bonchev–Trinajstić information content (AvgIpc) is 3.29. The van der Waals surface area contributed by atoms with E-state index in [1.165, 1.54) is 42.5 Å². The highest BCUT2D eigenvalue weighted by Gasteiger charge is 2.31. The van der Waals surface area contributed by atoms with E-state index in [1.807, 2.05) is 30.3 Å². The van der Waals surface area contributed by atoms with Crippen LogP contribution in [0.4, 0.5) is 5.69 Å². The summed E-state index contributed by atoms with van der Waals surface area (Å²) in [5, 5.41) is 3.53. The number of anilines is 1. The molecule has 0 aliphatic carbocycles. The minimum Gasteiger partial charge on any atom is -0.456 e. The fraction of sp³-hybridized carbons (Fsp3) is 0.133. The number of carbonyl (C=O) groups is 2. The van der Waals surface area contributed by atoms with Crippen LogP contribution >= 0.6 is 23.2 Å². The molecule has 4 aromatic rings. The zero-order valence-electron chi connectivity index (χ0n) is 21.6. The molecule has 8 nitrogen and oxygen atoms in total.